The van der Waals surface area contributed by atoms with Crippen LogP contribution in [0.4, 0.5) is 0 Å². The Hall–Kier alpha value is -2.90. The van der Waals surface area contributed by atoms with E-state index in [2.05, 4.69) is 4.98 Å². The van der Waals surface area contributed by atoms with Crippen molar-refractivity contribution in [3.63, 3.8) is 0 Å². The molecule has 2 heterocycles. The highest BCUT2D eigenvalue weighted by atomic mass is 16.4. The van der Waals surface area contributed by atoms with Gasteiger partial charge in [-0.25, -0.2) is 9.59 Å². The van der Waals surface area contributed by atoms with Crippen LogP contribution in [0.2, 0.25) is 0 Å². The summed E-state index contributed by atoms with van der Waals surface area (Å²) in [7, 11) is 0. The van der Waals surface area contributed by atoms with Crippen molar-refractivity contribution in [3.8, 4) is 0 Å². The Labute approximate surface area is 167 Å². The smallest absolute Gasteiger partial charge is 0.328 e. The maximum Gasteiger partial charge on any atom is 0.328 e. The largest absolute Gasteiger partial charge is 0.480 e. The molecule has 1 aromatic carbocycles. The van der Waals surface area contributed by atoms with E-state index in [0.29, 0.717) is 43.3 Å². The van der Waals surface area contributed by atoms with Gasteiger partial charge in [-0.1, -0.05) is 12.1 Å². The van der Waals surface area contributed by atoms with Gasteiger partial charge in [0.15, 0.2) is 0 Å². The van der Waals surface area contributed by atoms with E-state index in [1.165, 1.54) is 9.47 Å². The molecule has 29 heavy (non-hydrogen) atoms. The minimum absolute atomic E-state index is 0.0610. The lowest BCUT2D eigenvalue weighted by atomic mass is 9.81. The molecule has 0 bridgehead atoms. The van der Waals surface area contributed by atoms with Crippen molar-refractivity contribution in [1.82, 2.24) is 14.5 Å². The summed E-state index contributed by atoms with van der Waals surface area (Å²) in [6, 6.07) is 6.26. The van der Waals surface area contributed by atoms with Crippen molar-refractivity contribution >= 4 is 22.8 Å². The number of aromatic nitrogens is 2. The molecular formula is C21H25N3O5. The average molecular weight is 399 g/mol. The number of rotatable bonds is 4. The Bertz CT molecular complexity index is 1050. The van der Waals surface area contributed by atoms with Gasteiger partial charge < -0.3 is 15.0 Å². The second-order valence-electron chi connectivity index (χ2n) is 8.14. The quantitative estimate of drug-likeness (QED) is 0.810. The lowest BCUT2D eigenvalue weighted by Crippen LogP contribution is -2.44. The fourth-order valence-corrected chi connectivity index (χ4v) is 4.74. The highest BCUT2D eigenvalue weighted by Gasteiger charge is 2.38. The van der Waals surface area contributed by atoms with Gasteiger partial charge >= 0.3 is 11.7 Å². The number of carboxylic acids is 1. The summed E-state index contributed by atoms with van der Waals surface area (Å²) in [6.45, 7) is 0.846. The van der Waals surface area contributed by atoms with E-state index in [4.69, 9.17) is 0 Å². The molecule has 2 aromatic rings. The Kier molecular flexibility index (Phi) is 5.25. The number of hydrogen-bond acceptors (Lipinski definition) is 4. The number of nitrogens with one attached hydrogen (secondary N) is 1. The van der Waals surface area contributed by atoms with Gasteiger partial charge in [-0.2, -0.15) is 0 Å². The molecule has 2 fully saturated rings. The third kappa shape index (κ3) is 3.71. The van der Waals surface area contributed by atoms with E-state index in [-0.39, 0.29) is 23.3 Å². The van der Waals surface area contributed by atoms with E-state index in [1.54, 1.807) is 24.3 Å². The first-order valence-corrected chi connectivity index (χ1v) is 10.2. The van der Waals surface area contributed by atoms with Crippen LogP contribution >= 0.6 is 0 Å². The number of aromatic amines is 1. The molecule has 1 amide bonds. The Morgan fingerprint density at radius 3 is 2.52 bits per heavy atom. The predicted octanol–water partition coefficient (Wildman–Crippen LogP) is 1.57. The Morgan fingerprint density at radius 2 is 1.79 bits per heavy atom. The molecule has 1 aliphatic heterocycles. The second-order valence-corrected chi connectivity index (χ2v) is 8.14. The van der Waals surface area contributed by atoms with Crippen molar-refractivity contribution in [2.75, 3.05) is 6.54 Å². The van der Waals surface area contributed by atoms with Crippen LogP contribution in [0.5, 0.6) is 0 Å². The van der Waals surface area contributed by atoms with Crippen molar-refractivity contribution < 1.29 is 14.7 Å². The SMILES string of the molecule is O=C(O)[C@@H]1CCCN1C(=O)C1CCC(Cn2c(=O)[nH]c3ccccc3c2=O)CC1. The summed E-state index contributed by atoms with van der Waals surface area (Å²) >= 11 is 0. The van der Waals surface area contributed by atoms with Crippen molar-refractivity contribution in [1.29, 1.82) is 0 Å². The molecule has 0 spiro atoms. The highest BCUT2D eigenvalue weighted by molar-refractivity contribution is 5.85. The van der Waals surface area contributed by atoms with Crippen molar-refractivity contribution in [3.05, 3.63) is 45.1 Å². The predicted molar refractivity (Wildman–Crippen MR) is 107 cm³/mol. The number of amides is 1. The normalized spacial score (nSPS) is 24.7. The molecule has 1 aliphatic carbocycles. The molecule has 2 aliphatic rings. The van der Waals surface area contributed by atoms with Crippen molar-refractivity contribution in [2.45, 2.75) is 51.1 Å². The lowest BCUT2D eigenvalue weighted by molar-refractivity contribution is -0.150. The molecule has 2 N–H and O–H groups in total. The first kappa shape index (κ1) is 19.4. The maximum absolute atomic E-state index is 12.8. The summed E-state index contributed by atoms with van der Waals surface area (Å²) < 4.78 is 1.26. The third-order valence-electron chi connectivity index (χ3n) is 6.35. The highest BCUT2D eigenvalue weighted by Crippen LogP contribution is 2.32. The van der Waals surface area contributed by atoms with Gasteiger partial charge in [0.2, 0.25) is 5.91 Å². The molecule has 154 valence electrons. The monoisotopic (exact) mass is 399 g/mol. The first-order valence-electron chi connectivity index (χ1n) is 10.2. The van der Waals surface area contributed by atoms with Gasteiger partial charge in [-0.3, -0.25) is 14.2 Å². The molecule has 4 rings (SSSR count). The van der Waals surface area contributed by atoms with E-state index >= 15 is 0 Å². The third-order valence-corrected chi connectivity index (χ3v) is 6.35. The van der Waals surface area contributed by atoms with Crippen LogP contribution in [0.1, 0.15) is 38.5 Å². The summed E-state index contributed by atoms with van der Waals surface area (Å²) in [6.07, 6.45) is 4.04. The number of H-pyrrole nitrogens is 1. The van der Waals surface area contributed by atoms with Gasteiger partial charge in [0, 0.05) is 19.0 Å². The van der Waals surface area contributed by atoms with Gasteiger partial charge in [0.05, 0.1) is 10.9 Å². The zero-order valence-electron chi connectivity index (χ0n) is 16.2. The van der Waals surface area contributed by atoms with Crippen LogP contribution < -0.4 is 11.2 Å². The first-order chi connectivity index (χ1) is 14.0. The molecule has 1 aromatic heterocycles. The van der Waals surface area contributed by atoms with E-state index in [0.717, 1.165) is 19.3 Å². The van der Waals surface area contributed by atoms with Crippen LogP contribution in [0.25, 0.3) is 10.9 Å². The van der Waals surface area contributed by atoms with Crippen LogP contribution in [0.3, 0.4) is 0 Å². The molecule has 1 saturated heterocycles. The number of nitrogens with zero attached hydrogens (tertiary/aromatic N) is 2. The fraction of sp³-hybridized carbons (Fsp3) is 0.524. The van der Waals surface area contributed by atoms with Gasteiger partial charge in [0.1, 0.15) is 6.04 Å². The van der Waals surface area contributed by atoms with Crippen LogP contribution in [-0.2, 0) is 16.1 Å². The zero-order valence-corrected chi connectivity index (χ0v) is 16.2. The maximum atomic E-state index is 12.8. The zero-order chi connectivity index (χ0) is 20.5. The molecule has 1 atom stereocenters. The second kappa shape index (κ2) is 7.85. The standard InChI is InChI=1S/C21H25N3O5/c25-18(23-11-3-6-17(23)20(27)28)14-9-7-13(8-10-14)12-24-19(26)15-4-1-2-5-16(15)22-21(24)29/h1-2,4-5,13-14,17H,3,6-12H2,(H,22,29)(H,27,28)/t13?,14?,17-/m0/s1. The molecule has 0 unspecified atom stereocenters. The summed E-state index contributed by atoms with van der Waals surface area (Å²) in [4.78, 5) is 53.5. The number of benzene rings is 1. The van der Waals surface area contributed by atoms with Crippen LogP contribution in [0, 0.1) is 11.8 Å². The van der Waals surface area contributed by atoms with E-state index in [9.17, 15) is 24.3 Å². The molecule has 0 radical (unpaired) electrons. The Balaban J connectivity index is 1.43. The number of carbonyl (C=O) groups is 2. The minimum atomic E-state index is -0.931. The number of likely N-dealkylation sites (tertiary alicyclic amines) is 1. The molecular weight excluding hydrogens is 374 g/mol. The summed E-state index contributed by atoms with van der Waals surface area (Å²) in [5.41, 5.74) is -0.163. The summed E-state index contributed by atoms with van der Waals surface area (Å²) in [5, 5.41) is 9.80. The fourth-order valence-electron chi connectivity index (χ4n) is 4.74. The number of fused-ring (bicyclic) bond motifs is 1. The molecule has 8 heteroatoms. The Morgan fingerprint density at radius 1 is 1.07 bits per heavy atom. The summed E-state index contributed by atoms with van der Waals surface area (Å²) in [5.74, 6) is -1.01. The van der Waals surface area contributed by atoms with Gasteiger partial charge in [0.25, 0.3) is 5.56 Å². The topological polar surface area (TPSA) is 112 Å². The van der Waals surface area contributed by atoms with Crippen LogP contribution in [-0.4, -0.2) is 44.0 Å². The van der Waals surface area contributed by atoms with E-state index in [1.807, 2.05) is 0 Å². The van der Waals surface area contributed by atoms with Crippen molar-refractivity contribution in [2.24, 2.45) is 11.8 Å². The number of aliphatic carboxylic acids is 1. The average Bonchev–Trinajstić information content (AvgIpc) is 3.21. The number of para-hydroxylation sites is 1. The minimum Gasteiger partial charge on any atom is -0.480 e. The number of hydrogen-bond donors (Lipinski definition) is 2. The van der Waals surface area contributed by atoms with Crippen LogP contribution in [0.15, 0.2) is 33.9 Å². The molecule has 1 saturated carbocycles. The molecule has 8 nitrogen and oxygen atoms in total. The lowest BCUT2D eigenvalue weighted by Gasteiger charge is -2.32. The number of carboxylic acid groups (broad SMARTS) is 1. The van der Waals surface area contributed by atoms with E-state index < -0.39 is 17.7 Å². The van der Waals surface area contributed by atoms with Gasteiger partial charge in [-0.05, 0) is 56.6 Å². The number of carbonyl (C=O) groups excluding carboxylic acids is 1. The van der Waals surface area contributed by atoms with Gasteiger partial charge in [-0.15, -0.1) is 0 Å².